The number of carbonyl (C=O) groups is 2. The largest absolute Gasteiger partial charge is 0.327 e. The summed E-state index contributed by atoms with van der Waals surface area (Å²) in [7, 11) is 5.85. The molecule has 3 rings (SSSR count). The van der Waals surface area contributed by atoms with Crippen LogP contribution in [-0.4, -0.2) is 93.7 Å². The lowest BCUT2D eigenvalue weighted by Crippen LogP contribution is -2.56. The van der Waals surface area contributed by atoms with Crippen LogP contribution in [0.3, 0.4) is 0 Å². The van der Waals surface area contributed by atoms with E-state index in [2.05, 4.69) is 16.2 Å². The first-order chi connectivity index (χ1) is 12.8. The normalized spacial score (nSPS) is 20.5. The van der Waals surface area contributed by atoms with Gasteiger partial charge in [0, 0.05) is 58.1 Å². The maximum Gasteiger partial charge on any atom is 0.327 e. The van der Waals surface area contributed by atoms with Crippen LogP contribution < -0.4 is 0 Å². The lowest BCUT2D eigenvalue weighted by Gasteiger charge is -2.41. The molecule has 2 aliphatic heterocycles. The van der Waals surface area contributed by atoms with Crippen LogP contribution in [0.4, 0.5) is 4.79 Å². The molecule has 0 bridgehead atoms. The third kappa shape index (κ3) is 3.60. The number of piperidine rings is 1. The number of imide groups is 1. The molecule has 0 aliphatic carbocycles. The van der Waals surface area contributed by atoms with E-state index in [9.17, 15) is 9.59 Å². The van der Waals surface area contributed by atoms with Crippen molar-refractivity contribution in [2.45, 2.75) is 38.8 Å². The second-order valence-electron chi connectivity index (χ2n) is 8.01. The summed E-state index contributed by atoms with van der Waals surface area (Å²) in [6, 6.07) is -0.124. The van der Waals surface area contributed by atoms with Crippen LogP contribution in [0.1, 0.15) is 31.0 Å². The van der Waals surface area contributed by atoms with Gasteiger partial charge in [0.25, 0.3) is 5.91 Å². The number of rotatable bonds is 6. The molecular weight excluding hydrogens is 344 g/mol. The molecule has 1 aromatic heterocycles. The number of likely N-dealkylation sites (tertiary alicyclic amines) is 1. The Morgan fingerprint density at radius 2 is 1.89 bits per heavy atom. The number of carbonyl (C=O) groups excluding carboxylic acids is 2. The van der Waals surface area contributed by atoms with E-state index >= 15 is 0 Å². The fourth-order valence-corrected chi connectivity index (χ4v) is 4.33. The number of aryl methyl sites for hydroxylation is 2. The summed E-state index contributed by atoms with van der Waals surface area (Å²) >= 11 is 0. The van der Waals surface area contributed by atoms with Crippen molar-refractivity contribution in [3.63, 3.8) is 0 Å². The molecule has 1 spiro atoms. The van der Waals surface area contributed by atoms with Crippen molar-refractivity contribution in [3.8, 4) is 0 Å². The summed E-state index contributed by atoms with van der Waals surface area (Å²) in [5.41, 5.74) is 1.62. The SMILES string of the molecule is CCN1C(=O)N(CCN(C)C)C(=O)C12CCN(Cc1cn(C)nc1C)CC2. The highest BCUT2D eigenvalue weighted by Crippen LogP contribution is 2.37. The number of aromatic nitrogens is 2. The van der Waals surface area contributed by atoms with Crippen LogP contribution in [0, 0.1) is 6.92 Å². The van der Waals surface area contributed by atoms with Gasteiger partial charge in [-0.25, -0.2) is 4.79 Å². The molecule has 0 unspecified atom stereocenters. The van der Waals surface area contributed by atoms with Gasteiger partial charge < -0.3 is 9.80 Å². The molecule has 0 saturated carbocycles. The van der Waals surface area contributed by atoms with Gasteiger partial charge in [-0.15, -0.1) is 0 Å². The van der Waals surface area contributed by atoms with E-state index < -0.39 is 5.54 Å². The quantitative estimate of drug-likeness (QED) is 0.691. The first-order valence-electron chi connectivity index (χ1n) is 9.78. The van der Waals surface area contributed by atoms with Gasteiger partial charge in [-0.2, -0.15) is 5.10 Å². The lowest BCUT2D eigenvalue weighted by atomic mass is 9.85. The van der Waals surface area contributed by atoms with Crippen LogP contribution in [0.2, 0.25) is 0 Å². The summed E-state index contributed by atoms with van der Waals surface area (Å²) in [4.78, 5) is 33.7. The molecule has 27 heavy (non-hydrogen) atoms. The second kappa shape index (κ2) is 7.59. The van der Waals surface area contributed by atoms with Gasteiger partial charge in [0.15, 0.2) is 0 Å². The molecule has 2 fully saturated rings. The second-order valence-corrected chi connectivity index (χ2v) is 8.01. The molecule has 8 nitrogen and oxygen atoms in total. The van der Waals surface area contributed by atoms with Gasteiger partial charge >= 0.3 is 6.03 Å². The molecule has 2 saturated heterocycles. The number of likely N-dealkylation sites (N-methyl/N-ethyl adjacent to an activating group) is 2. The standard InChI is InChI=1S/C19H32N6O2/c1-6-25-18(27)24(12-11-21(3)4)17(26)19(25)7-9-23(10-8-19)14-16-13-22(5)20-15(16)2/h13H,6-12,14H2,1-5H3. The van der Waals surface area contributed by atoms with Crippen LogP contribution >= 0.6 is 0 Å². The van der Waals surface area contributed by atoms with Gasteiger partial charge in [0.1, 0.15) is 5.54 Å². The molecule has 8 heteroatoms. The van der Waals surface area contributed by atoms with Crippen molar-refractivity contribution >= 4 is 11.9 Å². The molecule has 0 atom stereocenters. The van der Waals surface area contributed by atoms with Gasteiger partial charge in [-0.05, 0) is 40.8 Å². The molecule has 1 aromatic rings. The van der Waals surface area contributed by atoms with Gasteiger partial charge in [-0.1, -0.05) is 0 Å². The zero-order valence-electron chi connectivity index (χ0n) is 17.2. The fraction of sp³-hybridized carbons (Fsp3) is 0.737. The molecule has 0 N–H and O–H groups in total. The van der Waals surface area contributed by atoms with E-state index in [1.807, 2.05) is 44.6 Å². The van der Waals surface area contributed by atoms with E-state index in [1.54, 1.807) is 4.90 Å². The fourth-order valence-electron chi connectivity index (χ4n) is 4.33. The van der Waals surface area contributed by atoms with Crippen LogP contribution in [0.5, 0.6) is 0 Å². The monoisotopic (exact) mass is 376 g/mol. The Kier molecular flexibility index (Phi) is 5.58. The minimum atomic E-state index is -0.654. The molecule has 3 heterocycles. The maximum absolute atomic E-state index is 13.2. The number of hydrogen-bond donors (Lipinski definition) is 0. The van der Waals surface area contributed by atoms with Gasteiger partial charge in [0.2, 0.25) is 0 Å². The highest BCUT2D eigenvalue weighted by atomic mass is 16.2. The van der Waals surface area contributed by atoms with Crippen molar-refractivity contribution in [1.29, 1.82) is 0 Å². The van der Waals surface area contributed by atoms with E-state index in [-0.39, 0.29) is 11.9 Å². The van der Waals surface area contributed by atoms with E-state index in [4.69, 9.17) is 0 Å². The van der Waals surface area contributed by atoms with Crippen molar-refractivity contribution in [1.82, 2.24) is 29.4 Å². The first kappa shape index (κ1) is 19.8. The molecule has 0 radical (unpaired) electrons. The minimum absolute atomic E-state index is 0.00610. The van der Waals surface area contributed by atoms with Crippen molar-refractivity contribution in [2.24, 2.45) is 7.05 Å². The first-order valence-corrected chi connectivity index (χ1v) is 9.78. The maximum atomic E-state index is 13.2. The summed E-state index contributed by atoms with van der Waals surface area (Å²) in [6.45, 7) is 8.18. The topological polar surface area (TPSA) is 64.9 Å². The highest BCUT2D eigenvalue weighted by Gasteiger charge is 2.57. The Labute approximate surface area is 161 Å². The molecule has 2 aliphatic rings. The number of nitrogens with zero attached hydrogens (tertiary/aromatic N) is 6. The Morgan fingerprint density at radius 1 is 1.22 bits per heavy atom. The van der Waals surface area contributed by atoms with Gasteiger partial charge in [0.05, 0.1) is 5.69 Å². The number of amides is 3. The zero-order chi connectivity index (χ0) is 19.8. The van der Waals surface area contributed by atoms with Crippen LogP contribution in [-0.2, 0) is 18.4 Å². The zero-order valence-corrected chi connectivity index (χ0v) is 17.2. The highest BCUT2D eigenvalue weighted by molar-refractivity contribution is 6.07. The Balaban J connectivity index is 1.70. The molecular formula is C19H32N6O2. The Bertz CT molecular complexity index is 705. The smallest absolute Gasteiger partial charge is 0.310 e. The predicted molar refractivity (Wildman–Crippen MR) is 103 cm³/mol. The van der Waals surface area contributed by atoms with Crippen molar-refractivity contribution in [2.75, 3.05) is 46.8 Å². The predicted octanol–water partition coefficient (Wildman–Crippen LogP) is 0.909. The van der Waals surface area contributed by atoms with Crippen LogP contribution in [0.15, 0.2) is 6.20 Å². The number of hydrogen-bond acceptors (Lipinski definition) is 5. The summed E-state index contributed by atoms with van der Waals surface area (Å²) in [6.07, 6.45) is 3.46. The van der Waals surface area contributed by atoms with E-state index in [0.717, 1.165) is 25.3 Å². The third-order valence-electron chi connectivity index (χ3n) is 5.90. The molecule has 3 amide bonds. The third-order valence-corrected chi connectivity index (χ3v) is 5.90. The summed E-state index contributed by atoms with van der Waals surface area (Å²) in [5.74, 6) is -0.00610. The average molecular weight is 377 g/mol. The Hall–Kier alpha value is -1.93. The summed E-state index contributed by atoms with van der Waals surface area (Å²) in [5, 5.41) is 4.41. The average Bonchev–Trinajstić information content (AvgIpc) is 3.02. The van der Waals surface area contributed by atoms with Crippen LogP contribution in [0.25, 0.3) is 0 Å². The van der Waals surface area contributed by atoms with Crippen molar-refractivity contribution < 1.29 is 9.59 Å². The van der Waals surface area contributed by atoms with E-state index in [0.29, 0.717) is 32.5 Å². The van der Waals surface area contributed by atoms with Gasteiger partial charge in [-0.3, -0.25) is 19.3 Å². The lowest BCUT2D eigenvalue weighted by molar-refractivity contribution is -0.135. The Morgan fingerprint density at radius 3 is 2.41 bits per heavy atom. The molecule has 150 valence electrons. The molecule has 0 aromatic carbocycles. The summed E-state index contributed by atoms with van der Waals surface area (Å²) < 4.78 is 1.84. The minimum Gasteiger partial charge on any atom is -0.310 e. The van der Waals surface area contributed by atoms with E-state index in [1.165, 1.54) is 10.5 Å². The number of urea groups is 1. The van der Waals surface area contributed by atoms with Crippen molar-refractivity contribution in [3.05, 3.63) is 17.5 Å².